The van der Waals surface area contributed by atoms with Crippen LogP contribution in [0.3, 0.4) is 0 Å². The Morgan fingerprint density at radius 2 is 2.21 bits per heavy atom. The van der Waals surface area contributed by atoms with Gasteiger partial charge in [0.05, 0.1) is 25.1 Å². The van der Waals surface area contributed by atoms with Crippen molar-refractivity contribution >= 4 is 17.4 Å². The van der Waals surface area contributed by atoms with Crippen molar-refractivity contribution in [2.45, 2.75) is 6.42 Å². The molecule has 1 amide bonds. The van der Waals surface area contributed by atoms with E-state index in [9.17, 15) is 4.79 Å². The maximum atomic E-state index is 11.5. The molecule has 2 rings (SSSR count). The van der Waals surface area contributed by atoms with Crippen LogP contribution in [0.15, 0.2) is 18.3 Å². The van der Waals surface area contributed by atoms with Crippen LogP contribution in [-0.2, 0) is 9.53 Å². The molecule has 104 valence electrons. The quantitative estimate of drug-likeness (QED) is 0.809. The summed E-state index contributed by atoms with van der Waals surface area (Å²) >= 11 is 0. The molecule has 1 aromatic rings. The van der Waals surface area contributed by atoms with Gasteiger partial charge >= 0.3 is 0 Å². The van der Waals surface area contributed by atoms with Gasteiger partial charge in [0.25, 0.3) is 0 Å². The van der Waals surface area contributed by atoms with Crippen LogP contribution in [0.2, 0.25) is 0 Å². The molecule has 0 radical (unpaired) electrons. The fraction of sp³-hybridized carbons (Fsp3) is 0.538. The molecule has 19 heavy (non-hydrogen) atoms. The van der Waals surface area contributed by atoms with E-state index in [2.05, 4.69) is 20.5 Å². The molecule has 0 saturated carbocycles. The average molecular weight is 264 g/mol. The summed E-state index contributed by atoms with van der Waals surface area (Å²) in [4.78, 5) is 18.0. The van der Waals surface area contributed by atoms with Crippen molar-refractivity contribution in [2.24, 2.45) is 0 Å². The van der Waals surface area contributed by atoms with Crippen LogP contribution >= 0.6 is 0 Å². The lowest BCUT2D eigenvalue weighted by atomic mass is 10.3. The second kappa shape index (κ2) is 7.06. The van der Waals surface area contributed by atoms with Crippen molar-refractivity contribution in [1.82, 2.24) is 10.3 Å². The van der Waals surface area contributed by atoms with Crippen molar-refractivity contribution < 1.29 is 9.53 Å². The molecule has 1 saturated heterocycles. The molecule has 2 heterocycles. The van der Waals surface area contributed by atoms with Crippen molar-refractivity contribution in [3.8, 4) is 0 Å². The highest BCUT2D eigenvalue weighted by atomic mass is 16.5. The number of ether oxygens (including phenoxy) is 1. The third-order valence-corrected chi connectivity index (χ3v) is 2.99. The molecule has 1 aromatic heterocycles. The summed E-state index contributed by atoms with van der Waals surface area (Å²) < 4.78 is 5.31. The first kappa shape index (κ1) is 13.8. The van der Waals surface area contributed by atoms with E-state index in [1.807, 2.05) is 19.2 Å². The predicted molar refractivity (Wildman–Crippen MR) is 74.4 cm³/mol. The molecule has 0 unspecified atom stereocenters. The minimum absolute atomic E-state index is 0.0269. The van der Waals surface area contributed by atoms with E-state index in [1.54, 1.807) is 6.20 Å². The van der Waals surface area contributed by atoms with Gasteiger partial charge in [-0.2, -0.15) is 0 Å². The Morgan fingerprint density at radius 1 is 1.42 bits per heavy atom. The maximum absolute atomic E-state index is 11.5. The minimum atomic E-state index is -0.0269. The highest BCUT2D eigenvalue weighted by molar-refractivity contribution is 5.89. The van der Waals surface area contributed by atoms with Gasteiger partial charge in [-0.25, -0.2) is 4.98 Å². The third-order valence-electron chi connectivity index (χ3n) is 2.99. The molecular weight excluding hydrogens is 244 g/mol. The van der Waals surface area contributed by atoms with Gasteiger partial charge in [0, 0.05) is 26.1 Å². The van der Waals surface area contributed by atoms with E-state index in [0.717, 1.165) is 32.0 Å². The molecule has 6 nitrogen and oxygen atoms in total. The fourth-order valence-electron chi connectivity index (χ4n) is 1.91. The molecule has 1 fully saturated rings. The molecule has 0 bridgehead atoms. The van der Waals surface area contributed by atoms with E-state index < -0.39 is 0 Å². The van der Waals surface area contributed by atoms with Gasteiger partial charge in [0.15, 0.2) is 0 Å². The summed E-state index contributed by atoms with van der Waals surface area (Å²) in [6, 6.07) is 3.81. The monoisotopic (exact) mass is 264 g/mol. The van der Waals surface area contributed by atoms with Gasteiger partial charge in [-0.05, 0) is 19.2 Å². The Balaban J connectivity index is 1.88. The van der Waals surface area contributed by atoms with Crippen molar-refractivity contribution in [3.05, 3.63) is 18.3 Å². The van der Waals surface area contributed by atoms with E-state index in [-0.39, 0.29) is 5.91 Å². The second-order valence-corrected chi connectivity index (χ2v) is 4.40. The number of morpholine rings is 1. The number of nitrogens with zero attached hydrogens (tertiary/aromatic N) is 2. The number of carbonyl (C=O) groups excluding carboxylic acids is 1. The third kappa shape index (κ3) is 4.18. The smallest absolute Gasteiger partial charge is 0.226 e. The predicted octanol–water partition coefficient (Wildman–Crippen LogP) is 0.466. The van der Waals surface area contributed by atoms with Gasteiger partial charge < -0.3 is 20.3 Å². The van der Waals surface area contributed by atoms with Crippen LogP contribution in [0, 0.1) is 0 Å². The molecule has 0 spiro atoms. The van der Waals surface area contributed by atoms with Crippen LogP contribution < -0.4 is 15.5 Å². The zero-order valence-corrected chi connectivity index (χ0v) is 11.2. The molecular formula is C13H20N4O2. The topological polar surface area (TPSA) is 66.5 Å². The number of rotatable bonds is 5. The zero-order valence-electron chi connectivity index (χ0n) is 11.2. The Morgan fingerprint density at radius 3 is 2.84 bits per heavy atom. The number of amides is 1. The van der Waals surface area contributed by atoms with Gasteiger partial charge in [0.2, 0.25) is 5.91 Å². The van der Waals surface area contributed by atoms with E-state index in [1.165, 1.54) is 0 Å². The molecule has 1 aliphatic heterocycles. The molecule has 2 N–H and O–H groups in total. The minimum Gasteiger partial charge on any atom is -0.378 e. The van der Waals surface area contributed by atoms with Crippen molar-refractivity contribution in [2.75, 3.05) is 50.1 Å². The van der Waals surface area contributed by atoms with Crippen LogP contribution in [0.25, 0.3) is 0 Å². The number of anilines is 2. The number of nitrogens with one attached hydrogen (secondary N) is 2. The number of hydrogen-bond donors (Lipinski definition) is 2. The first-order valence-electron chi connectivity index (χ1n) is 6.53. The van der Waals surface area contributed by atoms with Crippen LogP contribution in [0.5, 0.6) is 0 Å². The number of hydrogen-bond acceptors (Lipinski definition) is 5. The van der Waals surface area contributed by atoms with Crippen LogP contribution in [0.4, 0.5) is 11.5 Å². The summed E-state index contributed by atoms with van der Waals surface area (Å²) in [7, 11) is 1.82. The molecule has 0 aromatic carbocycles. The largest absolute Gasteiger partial charge is 0.378 e. The Hall–Kier alpha value is -1.66. The maximum Gasteiger partial charge on any atom is 0.226 e. The Labute approximate surface area is 113 Å². The highest BCUT2D eigenvalue weighted by Crippen LogP contribution is 2.16. The lowest BCUT2D eigenvalue weighted by Gasteiger charge is -2.28. The Bertz CT molecular complexity index is 402. The average Bonchev–Trinajstić information content (AvgIpc) is 2.47. The SMILES string of the molecule is CNCCC(=O)Nc1ccc(N2CCOCC2)cn1. The lowest BCUT2D eigenvalue weighted by molar-refractivity contribution is -0.116. The highest BCUT2D eigenvalue weighted by Gasteiger charge is 2.11. The summed E-state index contributed by atoms with van der Waals surface area (Å²) in [6.45, 7) is 3.94. The first-order chi connectivity index (χ1) is 9.29. The van der Waals surface area contributed by atoms with Crippen LogP contribution in [0.1, 0.15) is 6.42 Å². The second-order valence-electron chi connectivity index (χ2n) is 4.40. The van der Waals surface area contributed by atoms with E-state index in [4.69, 9.17) is 4.74 Å². The molecule has 1 aliphatic rings. The van der Waals surface area contributed by atoms with Gasteiger partial charge in [-0.15, -0.1) is 0 Å². The van der Waals surface area contributed by atoms with Crippen LogP contribution in [-0.4, -0.2) is 50.8 Å². The number of carbonyl (C=O) groups is 1. The van der Waals surface area contributed by atoms with E-state index in [0.29, 0.717) is 18.8 Å². The zero-order chi connectivity index (χ0) is 13.5. The fourth-order valence-corrected chi connectivity index (χ4v) is 1.91. The van der Waals surface area contributed by atoms with E-state index >= 15 is 0 Å². The van der Waals surface area contributed by atoms with Crippen molar-refractivity contribution in [3.63, 3.8) is 0 Å². The summed E-state index contributed by atoms with van der Waals surface area (Å²) in [6.07, 6.45) is 2.24. The van der Waals surface area contributed by atoms with Crippen molar-refractivity contribution in [1.29, 1.82) is 0 Å². The van der Waals surface area contributed by atoms with Gasteiger partial charge in [-0.3, -0.25) is 4.79 Å². The van der Waals surface area contributed by atoms with Gasteiger partial charge in [-0.1, -0.05) is 0 Å². The first-order valence-corrected chi connectivity index (χ1v) is 6.53. The van der Waals surface area contributed by atoms with Gasteiger partial charge in [0.1, 0.15) is 5.82 Å². The molecule has 0 aliphatic carbocycles. The standard InChI is InChI=1S/C13H20N4O2/c1-14-5-4-13(18)16-12-3-2-11(10-15-12)17-6-8-19-9-7-17/h2-3,10,14H,4-9H2,1H3,(H,15,16,18). The summed E-state index contributed by atoms with van der Waals surface area (Å²) in [5, 5.41) is 5.71. The summed E-state index contributed by atoms with van der Waals surface area (Å²) in [5.41, 5.74) is 1.07. The summed E-state index contributed by atoms with van der Waals surface area (Å²) in [5.74, 6) is 0.569. The lowest BCUT2D eigenvalue weighted by Crippen LogP contribution is -2.36. The number of aromatic nitrogens is 1. The normalized spacial score (nSPS) is 15.3. The number of pyridine rings is 1. The molecule has 6 heteroatoms. The molecule has 0 atom stereocenters. The Kier molecular flexibility index (Phi) is 5.11.